The maximum absolute atomic E-state index is 12.1. The molecule has 0 unspecified atom stereocenters. The summed E-state index contributed by atoms with van der Waals surface area (Å²) >= 11 is 2.95. The van der Waals surface area contributed by atoms with Crippen LogP contribution >= 0.6 is 23.1 Å². The number of nitrogens with zero attached hydrogens (tertiary/aromatic N) is 4. The van der Waals surface area contributed by atoms with E-state index in [1.165, 1.54) is 11.8 Å². The Morgan fingerprint density at radius 1 is 1.52 bits per heavy atom. The zero-order chi connectivity index (χ0) is 14.7. The summed E-state index contributed by atoms with van der Waals surface area (Å²) in [7, 11) is 0. The molecule has 8 heteroatoms. The Labute approximate surface area is 129 Å². The van der Waals surface area contributed by atoms with E-state index in [0.29, 0.717) is 17.5 Å². The van der Waals surface area contributed by atoms with Crippen molar-refractivity contribution in [3.63, 3.8) is 0 Å². The van der Waals surface area contributed by atoms with E-state index in [1.807, 2.05) is 24.4 Å². The molecule has 0 aromatic carbocycles. The molecule has 3 heterocycles. The lowest BCUT2D eigenvalue weighted by Gasteiger charge is -2.08. The molecule has 3 aromatic rings. The van der Waals surface area contributed by atoms with Gasteiger partial charge in [-0.25, -0.2) is 9.50 Å². The summed E-state index contributed by atoms with van der Waals surface area (Å²) in [5, 5.41) is 9.46. The molecule has 0 saturated carbocycles. The van der Waals surface area contributed by atoms with Crippen molar-refractivity contribution in [1.82, 2.24) is 24.9 Å². The molecule has 1 N–H and O–H groups in total. The van der Waals surface area contributed by atoms with E-state index in [1.54, 1.807) is 34.3 Å². The molecular formula is C13H13N5OS2. The number of aromatic nitrogens is 4. The molecule has 0 aliphatic heterocycles. The van der Waals surface area contributed by atoms with Crippen molar-refractivity contribution in [2.75, 3.05) is 0 Å². The monoisotopic (exact) mass is 319 g/mol. The van der Waals surface area contributed by atoms with Gasteiger partial charge in [0.2, 0.25) is 11.1 Å². The van der Waals surface area contributed by atoms with Crippen molar-refractivity contribution >= 4 is 34.8 Å². The predicted octanol–water partition coefficient (Wildman–Crippen LogP) is 1.98. The fourth-order valence-corrected chi connectivity index (χ4v) is 3.13. The summed E-state index contributed by atoms with van der Waals surface area (Å²) < 4.78 is 1.60. The van der Waals surface area contributed by atoms with Crippen molar-refractivity contribution in [3.05, 3.63) is 40.8 Å². The third kappa shape index (κ3) is 3.40. The zero-order valence-electron chi connectivity index (χ0n) is 11.3. The van der Waals surface area contributed by atoms with Crippen molar-refractivity contribution < 1.29 is 4.79 Å². The molecule has 3 aromatic heterocycles. The summed E-state index contributed by atoms with van der Waals surface area (Å²) in [5.74, 6) is 0.506. The molecule has 0 radical (unpaired) electrons. The summed E-state index contributed by atoms with van der Waals surface area (Å²) in [5.41, 5.74) is 0. The lowest BCUT2D eigenvalue weighted by Crippen LogP contribution is -2.30. The molecule has 1 amide bonds. The van der Waals surface area contributed by atoms with Crippen LogP contribution in [0.4, 0.5) is 0 Å². The molecule has 0 spiro atoms. The van der Waals surface area contributed by atoms with Gasteiger partial charge in [-0.2, -0.15) is 4.98 Å². The van der Waals surface area contributed by atoms with Crippen LogP contribution in [-0.4, -0.2) is 30.7 Å². The van der Waals surface area contributed by atoms with Gasteiger partial charge < -0.3 is 5.32 Å². The normalized spacial score (nSPS) is 12.4. The maximum atomic E-state index is 12.1. The second-order valence-corrected chi connectivity index (χ2v) is 6.66. The minimum absolute atomic E-state index is 0.0276. The van der Waals surface area contributed by atoms with E-state index in [2.05, 4.69) is 20.4 Å². The quantitative estimate of drug-likeness (QED) is 0.728. The average Bonchev–Trinajstić information content (AvgIpc) is 3.13. The fourth-order valence-electron chi connectivity index (χ4n) is 1.71. The van der Waals surface area contributed by atoms with Crippen LogP contribution in [0.15, 0.2) is 41.1 Å². The first-order chi connectivity index (χ1) is 10.2. The number of hydrogen-bond donors (Lipinski definition) is 1. The molecular weight excluding hydrogens is 306 g/mol. The second-order valence-electron chi connectivity index (χ2n) is 4.32. The molecule has 1 atom stereocenters. The van der Waals surface area contributed by atoms with E-state index in [-0.39, 0.29) is 11.2 Å². The van der Waals surface area contributed by atoms with E-state index < -0.39 is 0 Å². The Balaban J connectivity index is 1.59. The number of fused-ring (bicyclic) bond motifs is 1. The Morgan fingerprint density at radius 3 is 3.19 bits per heavy atom. The SMILES string of the molecule is C[C@H](Sc1nc2ncccn2n1)C(=O)NCc1cccs1. The van der Waals surface area contributed by atoms with E-state index >= 15 is 0 Å². The Bertz CT molecular complexity index is 707. The minimum atomic E-state index is -0.262. The number of rotatable bonds is 5. The van der Waals surface area contributed by atoms with Crippen molar-refractivity contribution in [2.24, 2.45) is 0 Å². The number of thioether (sulfide) groups is 1. The van der Waals surface area contributed by atoms with Crippen molar-refractivity contribution in [2.45, 2.75) is 23.9 Å². The number of carbonyl (C=O) groups is 1. The fraction of sp³-hybridized carbons (Fsp3) is 0.231. The van der Waals surface area contributed by atoms with Crippen molar-refractivity contribution in [1.29, 1.82) is 0 Å². The van der Waals surface area contributed by atoms with Crippen LogP contribution in [0, 0.1) is 0 Å². The van der Waals surface area contributed by atoms with Gasteiger partial charge in [-0.15, -0.1) is 16.4 Å². The lowest BCUT2D eigenvalue weighted by molar-refractivity contribution is -0.120. The van der Waals surface area contributed by atoms with Crippen LogP contribution < -0.4 is 5.32 Å². The highest BCUT2D eigenvalue weighted by Crippen LogP contribution is 2.20. The van der Waals surface area contributed by atoms with E-state index in [0.717, 1.165) is 4.88 Å². The zero-order valence-corrected chi connectivity index (χ0v) is 12.9. The van der Waals surface area contributed by atoms with Crippen LogP contribution in [0.5, 0.6) is 0 Å². The summed E-state index contributed by atoms with van der Waals surface area (Å²) in [6.07, 6.45) is 3.44. The Morgan fingerprint density at radius 2 is 2.43 bits per heavy atom. The van der Waals surface area contributed by atoms with Gasteiger partial charge in [0.15, 0.2) is 0 Å². The maximum Gasteiger partial charge on any atom is 0.253 e. The van der Waals surface area contributed by atoms with Crippen LogP contribution in [0.25, 0.3) is 5.78 Å². The third-order valence-electron chi connectivity index (χ3n) is 2.77. The summed E-state index contributed by atoms with van der Waals surface area (Å²) in [6.45, 7) is 2.40. The Kier molecular flexibility index (Phi) is 4.16. The molecule has 108 valence electrons. The molecule has 0 bridgehead atoms. The largest absolute Gasteiger partial charge is 0.350 e. The summed E-state index contributed by atoms with van der Waals surface area (Å²) in [6, 6.07) is 5.75. The lowest BCUT2D eigenvalue weighted by atomic mass is 10.4. The number of nitrogens with one attached hydrogen (secondary N) is 1. The number of hydrogen-bond acceptors (Lipinski definition) is 6. The van der Waals surface area contributed by atoms with Gasteiger partial charge in [0.25, 0.3) is 5.78 Å². The standard InChI is InChI=1S/C13H13N5OS2/c1-9(11(19)15-8-10-4-2-7-20-10)21-13-16-12-14-5-3-6-18(12)17-13/h2-7,9H,8H2,1H3,(H,15,19)/t9-/m0/s1. The number of carbonyl (C=O) groups excluding carboxylic acids is 1. The minimum Gasteiger partial charge on any atom is -0.350 e. The molecule has 3 rings (SSSR count). The number of amides is 1. The number of thiophene rings is 1. The first kappa shape index (κ1) is 14.0. The van der Waals surface area contributed by atoms with Crippen LogP contribution in [0.2, 0.25) is 0 Å². The van der Waals surface area contributed by atoms with Crippen LogP contribution in [0.1, 0.15) is 11.8 Å². The predicted molar refractivity (Wildman–Crippen MR) is 82.3 cm³/mol. The van der Waals surface area contributed by atoms with E-state index in [9.17, 15) is 4.79 Å². The topological polar surface area (TPSA) is 72.2 Å². The molecule has 6 nitrogen and oxygen atoms in total. The highest BCUT2D eigenvalue weighted by Gasteiger charge is 2.17. The van der Waals surface area contributed by atoms with Gasteiger partial charge in [-0.05, 0) is 24.4 Å². The smallest absolute Gasteiger partial charge is 0.253 e. The molecule has 21 heavy (non-hydrogen) atoms. The molecule has 0 fully saturated rings. The van der Waals surface area contributed by atoms with Crippen LogP contribution in [0.3, 0.4) is 0 Å². The molecule has 0 aliphatic carbocycles. The van der Waals surface area contributed by atoms with Crippen molar-refractivity contribution in [3.8, 4) is 0 Å². The van der Waals surface area contributed by atoms with E-state index in [4.69, 9.17) is 0 Å². The highest BCUT2D eigenvalue weighted by molar-refractivity contribution is 8.00. The first-order valence-corrected chi connectivity index (χ1v) is 8.12. The van der Waals surface area contributed by atoms with Gasteiger partial charge in [-0.3, -0.25) is 4.79 Å². The average molecular weight is 319 g/mol. The van der Waals surface area contributed by atoms with Gasteiger partial charge in [0, 0.05) is 17.3 Å². The van der Waals surface area contributed by atoms with Gasteiger partial charge in [-0.1, -0.05) is 17.8 Å². The highest BCUT2D eigenvalue weighted by atomic mass is 32.2. The van der Waals surface area contributed by atoms with Gasteiger partial charge in [0.05, 0.1) is 11.8 Å². The summed E-state index contributed by atoms with van der Waals surface area (Å²) in [4.78, 5) is 21.6. The first-order valence-electron chi connectivity index (χ1n) is 6.36. The third-order valence-corrected chi connectivity index (χ3v) is 4.59. The Hall–Kier alpha value is -1.93. The second kappa shape index (κ2) is 6.23. The van der Waals surface area contributed by atoms with Gasteiger partial charge >= 0.3 is 0 Å². The van der Waals surface area contributed by atoms with Gasteiger partial charge in [0.1, 0.15) is 0 Å². The molecule has 0 saturated heterocycles. The molecule has 0 aliphatic rings. The van der Waals surface area contributed by atoms with Crippen LogP contribution in [-0.2, 0) is 11.3 Å².